The molecule has 4 heteroatoms. The molecule has 1 aromatic rings. The molecule has 4 unspecified atom stereocenters. The van der Waals surface area contributed by atoms with E-state index < -0.39 is 11.9 Å². The average molecular weight is 443 g/mol. The molecule has 0 spiro atoms. The third kappa shape index (κ3) is 4.10. The Labute approximate surface area is 194 Å². The molecule has 32 heavy (non-hydrogen) atoms. The third-order valence-electron chi connectivity index (χ3n) is 10.2. The van der Waals surface area contributed by atoms with E-state index in [1.807, 2.05) is 0 Å². The number of rotatable bonds is 6. The number of carbonyl (C=O) groups excluding carboxylic acids is 2. The Morgan fingerprint density at radius 1 is 0.750 bits per heavy atom. The topological polar surface area (TPSA) is 52.6 Å². The lowest BCUT2D eigenvalue weighted by Crippen LogP contribution is -2.38. The molecule has 0 radical (unpaired) electrons. The fourth-order valence-electron chi connectivity index (χ4n) is 5.59. The van der Waals surface area contributed by atoms with E-state index in [0.717, 1.165) is 25.7 Å². The predicted molar refractivity (Wildman–Crippen MR) is 128 cm³/mol. The molecule has 4 nitrogen and oxygen atoms in total. The summed E-state index contributed by atoms with van der Waals surface area (Å²) in [6.07, 6.45) is 4.34. The number of hydrogen-bond acceptors (Lipinski definition) is 4. The molecule has 0 aromatic heterocycles. The van der Waals surface area contributed by atoms with Gasteiger partial charge in [-0.25, -0.2) is 9.59 Å². The van der Waals surface area contributed by atoms with Crippen molar-refractivity contribution >= 4 is 11.9 Å². The summed E-state index contributed by atoms with van der Waals surface area (Å²) in [5.41, 5.74) is 0.607. The van der Waals surface area contributed by atoms with Gasteiger partial charge in [0.2, 0.25) is 0 Å². The Kier molecular flexibility index (Phi) is 6.59. The van der Waals surface area contributed by atoms with Crippen LogP contribution in [0.15, 0.2) is 24.3 Å². The summed E-state index contributed by atoms with van der Waals surface area (Å²) < 4.78 is 11.6. The zero-order valence-corrected chi connectivity index (χ0v) is 21.3. The number of esters is 2. The molecule has 0 bridgehead atoms. The highest BCUT2D eigenvalue weighted by atomic mass is 16.5. The normalized spacial score (nSPS) is 33.1. The van der Waals surface area contributed by atoms with E-state index in [1.54, 1.807) is 24.3 Å². The quantitative estimate of drug-likeness (QED) is 0.448. The summed E-state index contributed by atoms with van der Waals surface area (Å²) in [7, 11) is 0. The second-order valence-electron chi connectivity index (χ2n) is 12.1. The van der Waals surface area contributed by atoms with Crippen molar-refractivity contribution in [1.82, 2.24) is 0 Å². The number of ether oxygens (including phenoxy) is 2. The van der Waals surface area contributed by atoms with Crippen LogP contribution in [0.4, 0.5) is 0 Å². The Morgan fingerprint density at radius 2 is 1.09 bits per heavy atom. The van der Waals surface area contributed by atoms with Gasteiger partial charge in [-0.15, -0.1) is 0 Å². The van der Waals surface area contributed by atoms with E-state index in [-0.39, 0.29) is 32.8 Å². The van der Waals surface area contributed by atoms with Gasteiger partial charge in [-0.3, -0.25) is 0 Å². The van der Waals surface area contributed by atoms with E-state index in [2.05, 4.69) is 55.4 Å². The summed E-state index contributed by atoms with van der Waals surface area (Å²) in [6, 6.07) is 6.85. The van der Waals surface area contributed by atoms with Gasteiger partial charge in [0.25, 0.3) is 0 Å². The Hall–Kier alpha value is -1.84. The van der Waals surface area contributed by atoms with Crippen molar-refractivity contribution < 1.29 is 19.1 Å². The summed E-state index contributed by atoms with van der Waals surface area (Å²) in [6.45, 7) is 18.7. The molecule has 1 aromatic carbocycles. The van der Waals surface area contributed by atoms with Crippen molar-refractivity contribution in [1.29, 1.82) is 0 Å². The van der Waals surface area contributed by atoms with Crippen molar-refractivity contribution in [2.24, 2.45) is 33.5 Å². The van der Waals surface area contributed by atoms with Crippen molar-refractivity contribution in [3.8, 4) is 0 Å². The lowest BCUT2D eigenvalue weighted by Gasteiger charge is -2.40. The van der Waals surface area contributed by atoms with Crippen LogP contribution in [-0.2, 0) is 9.47 Å². The van der Waals surface area contributed by atoms with E-state index in [4.69, 9.17) is 9.47 Å². The van der Waals surface area contributed by atoms with Crippen LogP contribution in [0.1, 0.15) is 102 Å². The van der Waals surface area contributed by atoms with E-state index in [1.165, 1.54) is 0 Å². The standard InChI is InChI=1S/C28H42O4/c1-19-13-15-27(7,25(19,3)4)17-31-23(29)21-11-9-10-12-22(21)24(30)32-18-28(8)16-14-20(2)26(28,5)6/h9-12,19-20H,13-18H2,1-8H3. The maximum absolute atomic E-state index is 13.0. The molecule has 0 saturated heterocycles. The second-order valence-corrected chi connectivity index (χ2v) is 12.1. The number of benzene rings is 1. The van der Waals surface area contributed by atoms with Crippen molar-refractivity contribution in [3.05, 3.63) is 35.4 Å². The summed E-state index contributed by atoms with van der Waals surface area (Å²) >= 11 is 0. The first kappa shape index (κ1) is 24.8. The van der Waals surface area contributed by atoms with Crippen LogP contribution in [0.5, 0.6) is 0 Å². The monoisotopic (exact) mass is 442 g/mol. The van der Waals surface area contributed by atoms with Crippen LogP contribution in [0, 0.1) is 33.5 Å². The first-order valence-electron chi connectivity index (χ1n) is 12.2. The van der Waals surface area contributed by atoms with Crippen molar-refractivity contribution in [2.75, 3.05) is 13.2 Å². The summed E-state index contributed by atoms with van der Waals surface area (Å²) in [5, 5.41) is 0. The molecule has 2 saturated carbocycles. The zero-order chi connectivity index (χ0) is 23.9. The average Bonchev–Trinajstić information content (AvgIpc) is 3.09. The van der Waals surface area contributed by atoms with E-state index in [9.17, 15) is 9.59 Å². The molecular weight excluding hydrogens is 400 g/mol. The minimum Gasteiger partial charge on any atom is -0.461 e. The summed E-state index contributed by atoms with van der Waals surface area (Å²) in [5.74, 6) is 0.264. The first-order valence-corrected chi connectivity index (χ1v) is 12.2. The highest BCUT2D eigenvalue weighted by molar-refractivity contribution is 6.03. The van der Waals surface area contributed by atoms with Crippen LogP contribution in [-0.4, -0.2) is 25.2 Å². The molecule has 3 rings (SSSR count). The van der Waals surface area contributed by atoms with Gasteiger partial charge in [-0.05, 0) is 60.5 Å². The zero-order valence-electron chi connectivity index (χ0n) is 21.3. The van der Waals surface area contributed by atoms with E-state index >= 15 is 0 Å². The fraction of sp³-hybridized carbons (Fsp3) is 0.714. The molecule has 0 heterocycles. The smallest absolute Gasteiger partial charge is 0.339 e. The lowest BCUT2D eigenvalue weighted by atomic mass is 9.66. The molecule has 0 amide bonds. The number of carbonyl (C=O) groups is 2. The van der Waals surface area contributed by atoms with Crippen LogP contribution in [0.3, 0.4) is 0 Å². The van der Waals surface area contributed by atoms with Crippen molar-refractivity contribution in [3.63, 3.8) is 0 Å². The van der Waals surface area contributed by atoms with Gasteiger partial charge in [0.1, 0.15) is 0 Å². The van der Waals surface area contributed by atoms with Crippen LogP contribution in [0.2, 0.25) is 0 Å². The van der Waals surface area contributed by atoms with Gasteiger partial charge in [0, 0.05) is 10.8 Å². The lowest BCUT2D eigenvalue weighted by molar-refractivity contribution is -0.00643. The minimum atomic E-state index is -0.449. The van der Waals surface area contributed by atoms with Crippen LogP contribution in [0.25, 0.3) is 0 Å². The fourth-order valence-corrected chi connectivity index (χ4v) is 5.59. The minimum absolute atomic E-state index is 0.0725. The maximum atomic E-state index is 13.0. The highest BCUT2D eigenvalue weighted by Gasteiger charge is 2.51. The highest BCUT2D eigenvalue weighted by Crippen LogP contribution is 2.56. The second kappa shape index (κ2) is 8.50. The predicted octanol–water partition coefficient (Wildman–Crippen LogP) is 6.93. The Balaban J connectivity index is 1.69. The van der Waals surface area contributed by atoms with Gasteiger partial charge in [0.15, 0.2) is 0 Å². The SMILES string of the molecule is CC1CCC(C)(COC(=O)c2ccccc2C(=O)OCC2(C)CCC(C)C2(C)C)C1(C)C. The van der Waals surface area contributed by atoms with Crippen molar-refractivity contribution in [2.45, 2.75) is 81.1 Å². The van der Waals surface area contributed by atoms with Gasteiger partial charge >= 0.3 is 11.9 Å². The van der Waals surface area contributed by atoms with Crippen LogP contribution < -0.4 is 0 Å². The Bertz CT molecular complexity index is 799. The van der Waals surface area contributed by atoms with Gasteiger partial charge in [-0.1, -0.05) is 67.5 Å². The first-order chi connectivity index (χ1) is 14.8. The molecule has 0 aliphatic heterocycles. The van der Waals surface area contributed by atoms with Gasteiger partial charge < -0.3 is 9.47 Å². The molecular formula is C28H42O4. The molecule has 0 N–H and O–H groups in total. The third-order valence-corrected chi connectivity index (χ3v) is 10.2. The molecule has 4 atom stereocenters. The maximum Gasteiger partial charge on any atom is 0.339 e. The summed E-state index contributed by atoms with van der Waals surface area (Å²) in [4.78, 5) is 26.0. The van der Waals surface area contributed by atoms with Gasteiger partial charge in [0.05, 0.1) is 24.3 Å². The molecule has 2 fully saturated rings. The Morgan fingerprint density at radius 3 is 1.38 bits per heavy atom. The largest absolute Gasteiger partial charge is 0.461 e. The van der Waals surface area contributed by atoms with Gasteiger partial charge in [-0.2, -0.15) is 0 Å². The molecule has 2 aliphatic rings. The van der Waals surface area contributed by atoms with Crippen LogP contribution >= 0.6 is 0 Å². The van der Waals surface area contributed by atoms with E-state index in [0.29, 0.717) is 25.0 Å². The molecule has 178 valence electrons. The molecule has 2 aliphatic carbocycles. The number of hydrogen-bond donors (Lipinski definition) is 0.